The first-order valence-electron chi connectivity index (χ1n) is 5.79. The lowest BCUT2D eigenvalue weighted by molar-refractivity contribution is 0.195. The number of halogens is 1. The first kappa shape index (κ1) is 14.2. The van der Waals surface area contributed by atoms with Crippen LogP contribution in [0.2, 0.25) is 0 Å². The molecule has 0 spiro atoms. The lowest BCUT2D eigenvalue weighted by atomic mass is 9.99. The van der Waals surface area contributed by atoms with E-state index in [9.17, 15) is 8.42 Å². The van der Waals surface area contributed by atoms with Gasteiger partial charge in [0, 0.05) is 19.0 Å². The van der Waals surface area contributed by atoms with Crippen molar-refractivity contribution in [3.63, 3.8) is 0 Å². The smallest absolute Gasteiger partial charge is 0.212 e. The molecule has 0 aromatic carbocycles. The van der Waals surface area contributed by atoms with Gasteiger partial charge in [-0.25, -0.2) is 13.1 Å². The van der Waals surface area contributed by atoms with Crippen molar-refractivity contribution < 1.29 is 8.42 Å². The summed E-state index contributed by atoms with van der Waals surface area (Å²) in [4.78, 5) is 2.31. The minimum absolute atomic E-state index is 0.00555. The third kappa shape index (κ3) is 5.48. The molecule has 16 heavy (non-hydrogen) atoms. The summed E-state index contributed by atoms with van der Waals surface area (Å²) in [5.41, 5.74) is 0. The highest BCUT2D eigenvalue weighted by Gasteiger charge is 2.16. The number of nitrogens with zero attached hydrogens (tertiary/aromatic N) is 1. The fourth-order valence-corrected chi connectivity index (χ4v) is 3.18. The van der Waals surface area contributed by atoms with E-state index in [1.165, 1.54) is 12.8 Å². The molecule has 0 amide bonds. The quantitative estimate of drug-likeness (QED) is 0.728. The number of hydrogen-bond acceptors (Lipinski definition) is 3. The maximum Gasteiger partial charge on any atom is 0.212 e. The van der Waals surface area contributed by atoms with Crippen LogP contribution < -0.4 is 4.72 Å². The van der Waals surface area contributed by atoms with Crippen molar-refractivity contribution in [2.45, 2.75) is 19.8 Å². The molecule has 0 bridgehead atoms. The third-order valence-electron chi connectivity index (χ3n) is 2.97. The molecule has 1 aliphatic heterocycles. The van der Waals surface area contributed by atoms with Crippen LogP contribution in [0.1, 0.15) is 19.8 Å². The zero-order valence-electron chi connectivity index (χ0n) is 9.78. The predicted molar refractivity (Wildman–Crippen MR) is 67.3 cm³/mol. The molecule has 1 fully saturated rings. The Balaban J connectivity index is 2.16. The average molecular weight is 269 g/mol. The number of alkyl halides is 1. The summed E-state index contributed by atoms with van der Waals surface area (Å²) in [6.45, 7) is 5.72. The number of rotatable bonds is 6. The van der Waals surface area contributed by atoms with Gasteiger partial charge in [-0.15, -0.1) is 11.6 Å². The van der Waals surface area contributed by atoms with Crippen molar-refractivity contribution in [1.29, 1.82) is 0 Å². The van der Waals surface area contributed by atoms with Crippen molar-refractivity contribution in [1.82, 2.24) is 9.62 Å². The first-order chi connectivity index (χ1) is 7.53. The second-order valence-electron chi connectivity index (χ2n) is 4.43. The number of piperidine rings is 1. The van der Waals surface area contributed by atoms with Crippen LogP contribution in [0, 0.1) is 5.92 Å². The molecule has 4 nitrogen and oxygen atoms in total. The third-order valence-corrected chi connectivity index (χ3v) is 4.77. The summed E-state index contributed by atoms with van der Waals surface area (Å²) in [6, 6.07) is 0. The largest absolute Gasteiger partial charge is 0.302 e. The van der Waals surface area contributed by atoms with Gasteiger partial charge in [0.25, 0.3) is 0 Å². The van der Waals surface area contributed by atoms with Crippen LogP contribution >= 0.6 is 11.6 Å². The molecule has 0 aliphatic carbocycles. The molecule has 1 saturated heterocycles. The molecule has 0 saturated carbocycles. The Morgan fingerprint density at radius 3 is 2.56 bits per heavy atom. The number of hydrogen-bond donors (Lipinski definition) is 1. The van der Waals surface area contributed by atoms with Crippen LogP contribution in [0.4, 0.5) is 0 Å². The van der Waals surface area contributed by atoms with Crippen LogP contribution in [0.25, 0.3) is 0 Å². The van der Waals surface area contributed by atoms with Gasteiger partial charge in [-0.3, -0.25) is 0 Å². The maximum absolute atomic E-state index is 11.3. The molecule has 6 heteroatoms. The van der Waals surface area contributed by atoms with Gasteiger partial charge < -0.3 is 4.90 Å². The van der Waals surface area contributed by atoms with Crippen molar-refractivity contribution in [2.75, 3.05) is 37.8 Å². The first-order valence-corrected chi connectivity index (χ1v) is 7.98. The van der Waals surface area contributed by atoms with Gasteiger partial charge in [0.2, 0.25) is 10.0 Å². The summed E-state index contributed by atoms with van der Waals surface area (Å²) >= 11 is 5.40. The summed E-state index contributed by atoms with van der Waals surface area (Å²) < 4.78 is 25.2. The van der Waals surface area contributed by atoms with E-state index < -0.39 is 10.0 Å². The number of nitrogens with one attached hydrogen (secondary N) is 1. The van der Waals surface area contributed by atoms with Crippen LogP contribution in [0.15, 0.2) is 0 Å². The Kier molecular flexibility index (Phi) is 6.03. The second-order valence-corrected chi connectivity index (χ2v) is 6.73. The van der Waals surface area contributed by atoms with Crippen molar-refractivity contribution in [3.8, 4) is 0 Å². The van der Waals surface area contributed by atoms with Gasteiger partial charge >= 0.3 is 0 Å². The van der Waals surface area contributed by atoms with E-state index in [2.05, 4.69) is 16.5 Å². The van der Waals surface area contributed by atoms with Crippen molar-refractivity contribution in [3.05, 3.63) is 0 Å². The number of sulfonamides is 1. The normalized spacial score (nSPS) is 20.1. The Morgan fingerprint density at radius 2 is 2.00 bits per heavy atom. The van der Waals surface area contributed by atoms with Crippen LogP contribution in [0.5, 0.6) is 0 Å². The summed E-state index contributed by atoms with van der Waals surface area (Å²) in [5, 5.41) is 0. The highest BCUT2D eigenvalue weighted by Crippen LogP contribution is 2.15. The second kappa shape index (κ2) is 6.79. The minimum Gasteiger partial charge on any atom is -0.302 e. The van der Waals surface area contributed by atoms with Gasteiger partial charge in [-0.1, -0.05) is 6.92 Å². The average Bonchev–Trinajstić information content (AvgIpc) is 2.20. The SMILES string of the molecule is CC1CCN(CCNS(=O)(=O)CCCl)CC1. The zero-order chi connectivity index (χ0) is 12.0. The van der Waals surface area contributed by atoms with Gasteiger partial charge in [-0.05, 0) is 31.8 Å². The molecule has 1 aliphatic rings. The van der Waals surface area contributed by atoms with E-state index in [-0.39, 0.29) is 11.6 Å². The van der Waals surface area contributed by atoms with Gasteiger partial charge in [0.05, 0.1) is 5.75 Å². The van der Waals surface area contributed by atoms with Crippen LogP contribution in [-0.2, 0) is 10.0 Å². The molecular weight excluding hydrogens is 248 g/mol. The number of likely N-dealkylation sites (tertiary alicyclic amines) is 1. The van der Waals surface area contributed by atoms with E-state index >= 15 is 0 Å². The highest BCUT2D eigenvalue weighted by molar-refractivity contribution is 7.89. The molecule has 0 radical (unpaired) electrons. The van der Waals surface area contributed by atoms with Crippen molar-refractivity contribution >= 4 is 21.6 Å². The molecule has 0 atom stereocenters. The van der Waals surface area contributed by atoms with E-state index in [1.807, 2.05) is 0 Å². The Labute approximate surface area is 103 Å². The Morgan fingerprint density at radius 1 is 1.38 bits per heavy atom. The van der Waals surface area contributed by atoms with Crippen LogP contribution in [0.3, 0.4) is 0 Å². The van der Waals surface area contributed by atoms with E-state index in [4.69, 9.17) is 11.6 Å². The van der Waals surface area contributed by atoms with Gasteiger partial charge in [-0.2, -0.15) is 0 Å². The van der Waals surface area contributed by atoms with Crippen molar-refractivity contribution in [2.24, 2.45) is 5.92 Å². The fourth-order valence-electron chi connectivity index (χ4n) is 1.82. The van der Waals surface area contributed by atoms with E-state index in [0.29, 0.717) is 6.54 Å². The van der Waals surface area contributed by atoms with E-state index in [0.717, 1.165) is 25.6 Å². The fraction of sp³-hybridized carbons (Fsp3) is 1.00. The van der Waals surface area contributed by atoms with Gasteiger partial charge in [0.15, 0.2) is 0 Å². The summed E-state index contributed by atoms with van der Waals surface area (Å²) in [6.07, 6.45) is 2.43. The molecule has 0 unspecified atom stereocenters. The minimum atomic E-state index is -3.15. The molecule has 0 aromatic rings. The lowest BCUT2D eigenvalue weighted by Gasteiger charge is -2.30. The highest BCUT2D eigenvalue weighted by atomic mass is 35.5. The lowest BCUT2D eigenvalue weighted by Crippen LogP contribution is -2.39. The van der Waals surface area contributed by atoms with E-state index in [1.54, 1.807) is 0 Å². The molecule has 1 heterocycles. The molecule has 1 rings (SSSR count). The molecule has 96 valence electrons. The Hall–Kier alpha value is 0.160. The topological polar surface area (TPSA) is 49.4 Å². The monoisotopic (exact) mass is 268 g/mol. The zero-order valence-corrected chi connectivity index (χ0v) is 11.4. The maximum atomic E-state index is 11.3. The molecule has 0 aromatic heterocycles. The summed E-state index contributed by atoms with van der Waals surface area (Å²) in [5.74, 6) is 0.964. The predicted octanol–water partition coefficient (Wildman–Crippen LogP) is 0.877. The standard InChI is InChI=1S/C10H21ClN2O2S/c1-10-2-6-13(7-3-10)8-5-12-16(14,15)9-4-11/h10,12H,2-9H2,1H3. The van der Waals surface area contributed by atoms with Crippen LogP contribution in [-0.4, -0.2) is 51.1 Å². The Bertz CT molecular complexity index is 287. The van der Waals surface area contributed by atoms with Gasteiger partial charge in [0.1, 0.15) is 0 Å². The summed E-state index contributed by atoms with van der Waals surface area (Å²) in [7, 11) is -3.15. The molecule has 1 N–H and O–H groups in total. The molecular formula is C10H21ClN2O2S.